The zero-order chi connectivity index (χ0) is 20.2. The summed E-state index contributed by atoms with van der Waals surface area (Å²) in [4.78, 5) is 37.0. The lowest BCUT2D eigenvalue weighted by atomic mass is 9.99. The van der Waals surface area contributed by atoms with Gasteiger partial charge in [-0.05, 0) is 51.7 Å². The molecular formula is C19H27N3O5. The molecule has 0 spiro atoms. The fourth-order valence-electron chi connectivity index (χ4n) is 3.14. The molecular weight excluding hydrogens is 350 g/mol. The van der Waals surface area contributed by atoms with Crippen LogP contribution in [0.25, 0.3) is 0 Å². The number of esters is 1. The molecule has 0 aromatic heterocycles. The van der Waals surface area contributed by atoms with E-state index in [1.807, 2.05) is 25.7 Å². The largest absolute Gasteiger partial charge is 0.452 e. The van der Waals surface area contributed by atoms with E-state index in [9.17, 15) is 19.7 Å². The first kappa shape index (κ1) is 20.7. The van der Waals surface area contributed by atoms with Gasteiger partial charge in [0, 0.05) is 24.7 Å². The Balaban J connectivity index is 2.11. The van der Waals surface area contributed by atoms with Gasteiger partial charge in [0.05, 0.1) is 10.5 Å². The number of carbonyl (C=O) groups excluding carboxylic acids is 2. The number of nitrogens with one attached hydrogen (secondary N) is 1. The lowest BCUT2D eigenvalue weighted by molar-refractivity contribution is -0.384. The highest BCUT2D eigenvalue weighted by Gasteiger charge is 2.26. The molecule has 0 radical (unpaired) electrons. The van der Waals surface area contributed by atoms with Crippen molar-refractivity contribution >= 4 is 23.3 Å². The van der Waals surface area contributed by atoms with Gasteiger partial charge in [-0.25, -0.2) is 4.79 Å². The number of nitro benzene ring substituents is 1. The maximum Gasteiger partial charge on any atom is 0.338 e. The van der Waals surface area contributed by atoms with Crippen LogP contribution in [0.1, 0.15) is 50.9 Å². The van der Waals surface area contributed by atoms with Crippen LogP contribution in [0.4, 0.5) is 11.4 Å². The SMILES string of the molecule is C[C@H]1CCCN(c2ccc(C(=O)OCC(=O)NC(C)(C)C)cc2[N+](=O)[O-])C1. The third-order valence-electron chi connectivity index (χ3n) is 4.25. The predicted molar refractivity (Wildman–Crippen MR) is 102 cm³/mol. The van der Waals surface area contributed by atoms with Gasteiger partial charge in [-0.3, -0.25) is 14.9 Å². The molecule has 148 valence electrons. The molecule has 1 aliphatic heterocycles. The molecule has 1 saturated heterocycles. The number of rotatable bonds is 5. The van der Waals surface area contributed by atoms with Gasteiger partial charge in [0.15, 0.2) is 6.61 Å². The highest BCUT2D eigenvalue weighted by atomic mass is 16.6. The maximum atomic E-state index is 12.2. The Kier molecular flexibility index (Phi) is 6.41. The molecule has 8 nitrogen and oxygen atoms in total. The van der Waals surface area contributed by atoms with E-state index in [-0.39, 0.29) is 11.3 Å². The number of hydrogen-bond donors (Lipinski definition) is 1. The van der Waals surface area contributed by atoms with Gasteiger partial charge in [-0.15, -0.1) is 0 Å². The summed E-state index contributed by atoms with van der Waals surface area (Å²) in [5, 5.41) is 14.2. The van der Waals surface area contributed by atoms with Gasteiger partial charge in [0.25, 0.3) is 11.6 Å². The maximum absolute atomic E-state index is 12.2. The number of benzene rings is 1. The topological polar surface area (TPSA) is 102 Å². The Morgan fingerprint density at radius 2 is 2.07 bits per heavy atom. The van der Waals surface area contributed by atoms with E-state index in [0.29, 0.717) is 11.6 Å². The van der Waals surface area contributed by atoms with Crippen molar-refractivity contribution in [1.29, 1.82) is 0 Å². The molecule has 1 aromatic carbocycles. The summed E-state index contributed by atoms with van der Waals surface area (Å²) >= 11 is 0. The molecule has 1 N–H and O–H groups in total. The second kappa shape index (κ2) is 8.37. The summed E-state index contributed by atoms with van der Waals surface area (Å²) in [6.45, 7) is 8.63. The van der Waals surface area contributed by atoms with Crippen LogP contribution in [-0.2, 0) is 9.53 Å². The Bertz CT molecular complexity index is 727. The molecule has 1 amide bonds. The average molecular weight is 377 g/mol. The van der Waals surface area contributed by atoms with E-state index >= 15 is 0 Å². The monoisotopic (exact) mass is 377 g/mol. The zero-order valence-electron chi connectivity index (χ0n) is 16.3. The minimum absolute atomic E-state index is 0.0547. The molecule has 1 fully saturated rings. The molecule has 1 aromatic rings. The van der Waals surface area contributed by atoms with Crippen LogP contribution >= 0.6 is 0 Å². The van der Waals surface area contributed by atoms with Gasteiger partial charge in [-0.1, -0.05) is 6.92 Å². The van der Waals surface area contributed by atoms with Crippen LogP contribution in [0.3, 0.4) is 0 Å². The van der Waals surface area contributed by atoms with E-state index in [1.54, 1.807) is 6.07 Å². The van der Waals surface area contributed by atoms with Gasteiger partial charge < -0.3 is 15.0 Å². The Morgan fingerprint density at radius 3 is 2.67 bits per heavy atom. The van der Waals surface area contributed by atoms with Crippen molar-refractivity contribution in [2.24, 2.45) is 5.92 Å². The Hall–Kier alpha value is -2.64. The number of piperidine rings is 1. The van der Waals surface area contributed by atoms with Gasteiger partial charge >= 0.3 is 5.97 Å². The van der Waals surface area contributed by atoms with E-state index in [1.165, 1.54) is 12.1 Å². The minimum Gasteiger partial charge on any atom is -0.452 e. The van der Waals surface area contributed by atoms with Crippen LogP contribution < -0.4 is 10.2 Å². The summed E-state index contributed by atoms with van der Waals surface area (Å²) in [5.41, 5.74) is 0.000481. The minimum atomic E-state index is -0.763. The van der Waals surface area contributed by atoms with Crippen molar-refractivity contribution < 1.29 is 19.2 Å². The van der Waals surface area contributed by atoms with Gasteiger partial charge in [0.2, 0.25) is 0 Å². The first-order chi connectivity index (χ1) is 12.6. The summed E-state index contributed by atoms with van der Waals surface area (Å²) in [6, 6.07) is 4.31. The molecule has 2 rings (SSSR count). The van der Waals surface area contributed by atoms with Crippen molar-refractivity contribution in [1.82, 2.24) is 5.32 Å². The number of nitrogens with zero attached hydrogens (tertiary/aromatic N) is 2. The van der Waals surface area contributed by atoms with E-state index < -0.39 is 28.9 Å². The standard InChI is InChI=1S/C19H27N3O5/c1-13-6-5-9-21(11-13)15-8-7-14(10-16(15)22(25)26)18(24)27-12-17(23)20-19(2,3)4/h7-8,10,13H,5-6,9,11-12H2,1-4H3,(H,20,23)/t13-/m0/s1. The van der Waals surface area contributed by atoms with Crippen LogP contribution in [0.5, 0.6) is 0 Å². The third-order valence-corrected chi connectivity index (χ3v) is 4.25. The van der Waals surface area contributed by atoms with E-state index in [0.717, 1.165) is 25.9 Å². The number of amides is 1. The van der Waals surface area contributed by atoms with Crippen LogP contribution in [-0.4, -0.2) is 42.0 Å². The molecule has 8 heteroatoms. The van der Waals surface area contributed by atoms with Crippen LogP contribution in [0.15, 0.2) is 18.2 Å². The van der Waals surface area contributed by atoms with E-state index in [4.69, 9.17) is 4.74 Å². The second-order valence-electron chi connectivity index (χ2n) is 8.03. The lowest BCUT2D eigenvalue weighted by Crippen LogP contribution is -2.42. The summed E-state index contributed by atoms with van der Waals surface area (Å²) in [6.07, 6.45) is 2.08. The molecule has 1 atom stereocenters. The number of hydrogen-bond acceptors (Lipinski definition) is 6. The average Bonchev–Trinajstić information content (AvgIpc) is 2.57. The van der Waals surface area contributed by atoms with Crippen LogP contribution in [0.2, 0.25) is 0 Å². The highest BCUT2D eigenvalue weighted by molar-refractivity contribution is 5.93. The quantitative estimate of drug-likeness (QED) is 0.481. The highest BCUT2D eigenvalue weighted by Crippen LogP contribution is 2.32. The van der Waals surface area contributed by atoms with Crippen molar-refractivity contribution in [3.63, 3.8) is 0 Å². The smallest absolute Gasteiger partial charge is 0.338 e. The number of anilines is 1. The predicted octanol–water partition coefficient (Wildman–Crippen LogP) is 2.90. The first-order valence-corrected chi connectivity index (χ1v) is 9.08. The molecule has 1 heterocycles. The Morgan fingerprint density at radius 1 is 1.37 bits per heavy atom. The van der Waals surface area contributed by atoms with Crippen molar-refractivity contribution in [2.45, 2.75) is 46.1 Å². The number of ether oxygens (including phenoxy) is 1. The summed E-state index contributed by atoms with van der Waals surface area (Å²) in [7, 11) is 0. The van der Waals surface area contributed by atoms with Crippen molar-refractivity contribution in [2.75, 3.05) is 24.6 Å². The second-order valence-corrected chi connectivity index (χ2v) is 8.03. The summed E-state index contributed by atoms with van der Waals surface area (Å²) in [5.74, 6) is -0.727. The molecule has 0 aliphatic carbocycles. The van der Waals surface area contributed by atoms with E-state index in [2.05, 4.69) is 12.2 Å². The number of carbonyl (C=O) groups is 2. The molecule has 0 saturated carbocycles. The van der Waals surface area contributed by atoms with Crippen molar-refractivity contribution in [3.8, 4) is 0 Å². The summed E-state index contributed by atoms with van der Waals surface area (Å²) < 4.78 is 4.99. The lowest BCUT2D eigenvalue weighted by Gasteiger charge is -2.32. The first-order valence-electron chi connectivity index (χ1n) is 9.08. The fraction of sp³-hybridized carbons (Fsp3) is 0.579. The molecule has 1 aliphatic rings. The van der Waals surface area contributed by atoms with Gasteiger partial charge in [-0.2, -0.15) is 0 Å². The molecule has 0 bridgehead atoms. The normalized spacial score (nSPS) is 17.3. The fourth-order valence-corrected chi connectivity index (χ4v) is 3.14. The molecule has 27 heavy (non-hydrogen) atoms. The number of nitro groups is 1. The van der Waals surface area contributed by atoms with Gasteiger partial charge in [0.1, 0.15) is 5.69 Å². The third kappa shape index (κ3) is 5.94. The molecule has 0 unspecified atom stereocenters. The van der Waals surface area contributed by atoms with Crippen LogP contribution in [0, 0.1) is 16.0 Å². The van der Waals surface area contributed by atoms with Crippen molar-refractivity contribution in [3.05, 3.63) is 33.9 Å². The Labute approximate surface area is 159 Å². The zero-order valence-corrected chi connectivity index (χ0v) is 16.3.